The van der Waals surface area contributed by atoms with Crippen molar-refractivity contribution in [2.45, 2.75) is 6.73 Å². The second-order valence-electron chi connectivity index (χ2n) is 3.09. The van der Waals surface area contributed by atoms with Gasteiger partial charge in [0.1, 0.15) is 12.2 Å². The maximum Gasteiger partial charge on any atom is 0.334 e. The summed E-state index contributed by atoms with van der Waals surface area (Å²) in [4.78, 5) is 30.0. The van der Waals surface area contributed by atoms with E-state index < -0.39 is 11.2 Å². The van der Waals surface area contributed by atoms with Gasteiger partial charge in [0.2, 0.25) is 0 Å². The quantitative estimate of drug-likeness (QED) is 0.691. The Morgan fingerprint density at radius 1 is 1.53 bits per heavy atom. The van der Waals surface area contributed by atoms with Crippen molar-refractivity contribution in [1.29, 1.82) is 0 Å². The molecule has 2 heterocycles. The highest BCUT2D eigenvalue weighted by Crippen LogP contribution is 1.98. The standard InChI is InChI=1S/C8H10N4O3/c1-11-6-5(9-3-10-6)7(13)12(4-15-2)8(11)14/h3H,4H2,1-2H3,(H,9,10). The molecule has 1 N–H and O–H groups in total. The number of H-pyrrole nitrogens is 1. The first kappa shape index (κ1) is 9.66. The Balaban J connectivity index is 2.93. The molecule has 0 aliphatic rings. The SMILES string of the molecule is COCn1c(=O)c2[nH]cnc2n(C)c1=O. The smallest absolute Gasteiger partial charge is 0.334 e. The van der Waals surface area contributed by atoms with Crippen molar-refractivity contribution in [3.8, 4) is 0 Å². The second kappa shape index (κ2) is 3.35. The first-order valence-electron chi connectivity index (χ1n) is 4.28. The third-order valence-corrected chi connectivity index (χ3v) is 2.17. The van der Waals surface area contributed by atoms with Crippen LogP contribution in [0.15, 0.2) is 15.9 Å². The number of imidazole rings is 1. The number of aromatic amines is 1. The Kier molecular flexibility index (Phi) is 2.16. The highest BCUT2D eigenvalue weighted by atomic mass is 16.5. The van der Waals surface area contributed by atoms with E-state index in [1.54, 1.807) is 7.05 Å². The van der Waals surface area contributed by atoms with Crippen LogP contribution in [-0.2, 0) is 18.5 Å². The topological polar surface area (TPSA) is 81.9 Å². The van der Waals surface area contributed by atoms with Crippen molar-refractivity contribution in [3.05, 3.63) is 27.2 Å². The summed E-state index contributed by atoms with van der Waals surface area (Å²) in [5.74, 6) is 0. The van der Waals surface area contributed by atoms with Crippen LogP contribution in [0.3, 0.4) is 0 Å². The molecular formula is C8H10N4O3. The summed E-state index contributed by atoms with van der Waals surface area (Å²) < 4.78 is 7.08. The van der Waals surface area contributed by atoms with E-state index in [1.165, 1.54) is 18.0 Å². The molecule has 0 saturated carbocycles. The Hall–Kier alpha value is -1.89. The van der Waals surface area contributed by atoms with Crippen LogP contribution >= 0.6 is 0 Å². The number of ether oxygens (including phenoxy) is 1. The van der Waals surface area contributed by atoms with E-state index in [-0.39, 0.29) is 6.73 Å². The van der Waals surface area contributed by atoms with Gasteiger partial charge < -0.3 is 9.72 Å². The van der Waals surface area contributed by atoms with E-state index in [1.807, 2.05) is 0 Å². The Morgan fingerprint density at radius 2 is 2.27 bits per heavy atom. The monoisotopic (exact) mass is 210 g/mol. The number of rotatable bonds is 2. The van der Waals surface area contributed by atoms with Crippen LogP contribution in [0, 0.1) is 0 Å². The minimum absolute atomic E-state index is 0.0690. The average molecular weight is 210 g/mol. The minimum Gasteiger partial charge on any atom is -0.364 e. The zero-order valence-electron chi connectivity index (χ0n) is 8.35. The van der Waals surface area contributed by atoms with E-state index in [4.69, 9.17) is 4.74 Å². The number of nitrogens with zero attached hydrogens (tertiary/aromatic N) is 3. The van der Waals surface area contributed by atoms with Gasteiger partial charge >= 0.3 is 5.69 Å². The molecule has 0 fully saturated rings. The molecule has 0 aliphatic heterocycles. The molecule has 0 spiro atoms. The maximum absolute atomic E-state index is 11.8. The lowest BCUT2D eigenvalue weighted by Gasteiger charge is -2.05. The number of methoxy groups -OCH3 is 1. The summed E-state index contributed by atoms with van der Waals surface area (Å²) in [6.45, 7) is -0.0690. The van der Waals surface area contributed by atoms with E-state index >= 15 is 0 Å². The molecule has 2 aromatic heterocycles. The highest BCUT2D eigenvalue weighted by molar-refractivity contribution is 5.68. The van der Waals surface area contributed by atoms with Gasteiger partial charge in [-0.25, -0.2) is 14.3 Å². The van der Waals surface area contributed by atoms with Crippen LogP contribution in [0.2, 0.25) is 0 Å². The van der Waals surface area contributed by atoms with Gasteiger partial charge in [0, 0.05) is 14.2 Å². The minimum atomic E-state index is -0.443. The van der Waals surface area contributed by atoms with Crippen molar-refractivity contribution in [2.24, 2.45) is 7.05 Å². The first-order valence-corrected chi connectivity index (χ1v) is 4.28. The summed E-state index contributed by atoms with van der Waals surface area (Å²) in [7, 11) is 2.97. The highest BCUT2D eigenvalue weighted by Gasteiger charge is 2.11. The molecular weight excluding hydrogens is 200 g/mol. The molecule has 15 heavy (non-hydrogen) atoms. The Morgan fingerprint density at radius 3 is 2.93 bits per heavy atom. The molecule has 0 atom stereocenters. The van der Waals surface area contributed by atoms with Crippen molar-refractivity contribution in [1.82, 2.24) is 19.1 Å². The zero-order valence-corrected chi connectivity index (χ0v) is 8.35. The molecule has 0 aliphatic carbocycles. The van der Waals surface area contributed by atoms with Gasteiger partial charge in [-0.1, -0.05) is 0 Å². The molecule has 2 aromatic rings. The molecule has 0 aromatic carbocycles. The van der Waals surface area contributed by atoms with Crippen molar-refractivity contribution < 1.29 is 4.74 Å². The summed E-state index contributed by atoms with van der Waals surface area (Å²) in [6.07, 6.45) is 1.38. The molecule has 7 nitrogen and oxygen atoms in total. The maximum atomic E-state index is 11.8. The van der Waals surface area contributed by atoms with Crippen molar-refractivity contribution >= 4 is 11.2 Å². The predicted octanol–water partition coefficient (Wildman–Crippen LogP) is -0.973. The number of aromatic nitrogens is 4. The molecule has 80 valence electrons. The Bertz CT molecular complexity index is 606. The van der Waals surface area contributed by atoms with Crippen LogP contribution in [0.1, 0.15) is 0 Å². The molecule has 0 unspecified atom stereocenters. The van der Waals surface area contributed by atoms with Gasteiger partial charge in [-0.15, -0.1) is 0 Å². The fourth-order valence-electron chi connectivity index (χ4n) is 1.44. The van der Waals surface area contributed by atoms with E-state index in [2.05, 4.69) is 9.97 Å². The predicted molar refractivity (Wildman–Crippen MR) is 52.6 cm³/mol. The summed E-state index contributed by atoms with van der Waals surface area (Å²) in [5.41, 5.74) is -0.222. The van der Waals surface area contributed by atoms with Crippen molar-refractivity contribution in [2.75, 3.05) is 7.11 Å². The summed E-state index contributed by atoms with van der Waals surface area (Å²) >= 11 is 0. The average Bonchev–Trinajstić information content (AvgIpc) is 2.70. The van der Waals surface area contributed by atoms with Crippen molar-refractivity contribution in [3.63, 3.8) is 0 Å². The van der Waals surface area contributed by atoms with E-state index in [9.17, 15) is 9.59 Å². The normalized spacial score (nSPS) is 11.1. The van der Waals surface area contributed by atoms with Gasteiger partial charge in [-0.3, -0.25) is 9.36 Å². The van der Waals surface area contributed by atoms with E-state index in [0.717, 1.165) is 4.57 Å². The number of hydrogen-bond acceptors (Lipinski definition) is 4. The molecule has 7 heteroatoms. The third kappa shape index (κ3) is 1.28. The largest absolute Gasteiger partial charge is 0.364 e. The fraction of sp³-hybridized carbons (Fsp3) is 0.375. The fourth-order valence-corrected chi connectivity index (χ4v) is 1.44. The molecule has 2 rings (SSSR count). The third-order valence-electron chi connectivity index (χ3n) is 2.17. The second-order valence-corrected chi connectivity index (χ2v) is 3.09. The zero-order chi connectivity index (χ0) is 11.0. The molecule has 0 saturated heterocycles. The van der Waals surface area contributed by atoms with Gasteiger partial charge in [-0.05, 0) is 0 Å². The number of hydrogen-bond donors (Lipinski definition) is 1. The van der Waals surface area contributed by atoms with Crippen LogP contribution in [0.4, 0.5) is 0 Å². The van der Waals surface area contributed by atoms with Gasteiger partial charge in [0.05, 0.1) is 6.33 Å². The van der Waals surface area contributed by atoms with Gasteiger partial charge in [0.25, 0.3) is 5.56 Å². The lowest BCUT2D eigenvalue weighted by molar-refractivity contribution is 0.123. The number of aryl methyl sites for hydroxylation is 1. The van der Waals surface area contributed by atoms with Crippen LogP contribution < -0.4 is 11.2 Å². The Labute approximate surface area is 83.9 Å². The number of fused-ring (bicyclic) bond motifs is 1. The van der Waals surface area contributed by atoms with E-state index in [0.29, 0.717) is 11.2 Å². The molecule has 0 amide bonds. The van der Waals surface area contributed by atoms with Crippen LogP contribution in [0.25, 0.3) is 11.2 Å². The lowest BCUT2D eigenvalue weighted by Crippen LogP contribution is -2.39. The molecule has 0 bridgehead atoms. The summed E-state index contributed by atoms with van der Waals surface area (Å²) in [5, 5.41) is 0. The summed E-state index contributed by atoms with van der Waals surface area (Å²) in [6, 6.07) is 0. The van der Waals surface area contributed by atoms with Crippen LogP contribution in [-0.4, -0.2) is 26.2 Å². The van der Waals surface area contributed by atoms with Gasteiger partial charge in [0.15, 0.2) is 5.65 Å². The van der Waals surface area contributed by atoms with Gasteiger partial charge in [-0.2, -0.15) is 0 Å². The first-order chi connectivity index (χ1) is 7.16. The number of nitrogens with one attached hydrogen (secondary N) is 1. The molecule has 0 radical (unpaired) electrons. The van der Waals surface area contributed by atoms with Crippen LogP contribution in [0.5, 0.6) is 0 Å². The lowest BCUT2D eigenvalue weighted by atomic mass is 10.5.